The Labute approximate surface area is 85.7 Å². The topological polar surface area (TPSA) is 119 Å². The largest absolute Gasteiger partial charge is 0 e. The van der Waals surface area contributed by atoms with Gasteiger partial charge in [-0.15, -0.1) is 0 Å². The molecule has 0 aliphatic carbocycles. The van der Waals surface area contributed by atoms with Crippen molar-refractivity contribution in [2.24, 2.45) is 0 Å². The molecule has 0 saturated carbocycles. The van der Waals surface area contributed by atoms with Gasteiger partial charge < -0.3 is 0 Å². The van der Waals surface area contributed by atoms with Crippen molar-refractivity contribution in [3.05, 3.63) is 0 Å². The molecule has 0 heterocycles. The molecule has 13 heavy (non-hydrogen) atoms. The third kappa shape index (κ3) is 837. The van der Waals surface area contributed by atoms with Crippen molar-refractivity contribution < 1.29 is 45.3 Å². The van der Waals surface area contributed by atoms with Gasteiger partial charge in [-0.1, -0.05) is 0 Å². The molecular weight excluding hydrogens is 220 g/mol. The van der Waals surface area contributed by atoms with Crippen molar-refractivity contribution in [2.75, 3.05) is 0 Å². The average molecular weight is 226 g/mol. The fraction of sp³-hybridized carbons (Fsp3) is 0. The van der Waals surface area contributed by atoms with Gasteiger partial charge in [0.1, 0.15) is 0 Å². The summed E-state index contributed by atoms with van der Waals surface area (Å²) in [5, 5.41) is 0. The summed E-state index contributed by atoms with van der Waals surface area (Å²) in [5.74, 6) is 0. The molecular formula is C6H6CrO6+6. The minimum Gasteiger partial charge on any atom is 0 e. The second-order valence-corrected chi connectivity index (χ2v) is 0. The number of hydrogen-bond donors (Lipinski definition) is 0. The first kappa shape index (κ1) is 58.3. The van der Waals surface area contributed by atoms with Gasteiger partial charge in [0, 0.05) is 17.4 Å². The van der Waals surface area contributed by atoms with E-state index >= 15 is 0 Å². The summed E-state index contributed by atoms with van der Waals surface area (Å²) in [6, 6.07) is 0. The van der Waals surface area contributed by atoms with Crippen LogP contribution in [0.4, 0.5) is 0 Å². The minimum absolute atomic E-state index is 0. The smallest absolute Gasteiger partial charge is 0 e. The zero-order valence-corrected chi connectivity index (χ0v) is 7.60. The summed E-state index contributed by atoms with van der Waals surface area (Å²) in [5.41, 5.74) is 0. The maximum atomic E-state index is 7.75. The Balaban J connectivity index is -0.00000000655. The molecule has 0 aromatic carbocycles. The van der Waals surface area contributed by atoms with Crippen LogP contribution in [0.5, 0.6) is 0 Å². The van der Waals surface area contributed by atoms with Crippen LogP contribution in [-0.2, 0) is 45.3 Å². The first-order valence-electron chi connectivity index (χ1n) is 1.41. The van der Waals surface area contributed by atoms with Gasteiger partial charge in [0.15, 0.2) is 0 Å². The van der Waals surface area contributed by atoms with Gasteiger partial charge in [-0.3, -0.25) is 0 Å². The van der Waals surface area contributed by atoms with Gasteiger partial charge in [-0.2, -0.15) is 0 Å². The molecule has 0 aromatic heterocycles. The SMILES string of the molecule is C#[O+].C#[O+].C#[O+].C#[O+].C#[O+].C#[O+].[Cr]. The van der Waals surface area contributed by atoms with E-state index in [1.54, 1.807) is 0 Å². The van der Waals surface area contributed by atoms with Crippen molar-refractivity contribution in [3.63, 3.8) is 0 Å². The van der Waals surface area contributed by atoms with Crippen molar-refractivity contribution in [1.29, 1.82) is 0 Å². The molecule has 7 heteroatoms. The molecule has 0 fully saturated rings. The molecule has 0 amide bonds. The molecule has 0 radical (unpaired) electrons. The van der Waals surface area contributed by atoms with Crippen LogP contribution in [0.3, 0.4) is 0 Å². The Hall–Kier alpha value is -1.03. The molecule has 0 aliphatic heterocycles. The van der Waals surface area contributed by atoms with Gasteiger partial charge in [0.2, 0.25) is 0 Å². The summed E-state index contributed by atoms with van der Waals surface area (Å²) < 4.78 is 46.5. The van der Waals surface area contributed by atoms with E-state index in [1.807, 2.05) is 0 Å². The van der Waals surface area contributed by atoms with Crippen LogP contribution in [0.1, 0.15) is 0 Å². The third-order valence-corrected chi connectivity index (χ3v) is 0. The molecule has 0 bridgehead atoms. The van der Waals surface area contributed by atoms with E-state index in [1.165, 1.54) is 0 Å². The van der Waals surface area contributed by atoms with E-state index in [-0.39, 0.29) is 17.4 Å². The first-order valence-corrected chi connectivity index (χ1v) is 1.41. The fourth-order valence-electron chi connectivity index (χ4n) is 0. The van der Waals surface area contributed by atoms with Gasteiger partial charge in [0.05, 0.1) is 0 Å². The molecule has 0 unspecified atom stereocenters. The molecule has 0 spiro atoms. The first-order chi connectivity index (χ1) is 6.00. The zero-order chi connectivity index (χ0) is 12.0. The Kier molecular flexibility index (Phi) is 4630. The van der Waals surface area contributed by atoms with Gasteiger partial charge in [-0.25, -0.2) is 0 Å². The standard InChI is InChI=1S/6CHO.Cr/c6*1-2;/h6*1H;/q6*+1;. The van der Waals surface area contributed by atoms with Crippen LogP contribution < -0.4 is 0 Å². The van der Waals surface area contributed by atoms with E-state index < -0.39 is 0 Å². The number of rotatable bonds is 0. The normalized spacial score (nSPS) is 0.923. The Bertz CT molecular complexity index is 92.1. The van der Waals surface area contributed by atoms with Crippen LogP contribution in [0.15, 0.2) is 0 Å². The van der Waals surface area contributed by atoms with Gasteiger partial charge in [-0.05, 0) is 0 Å². The van der Waals surface area contributed by atoms with Crippen molar-refractivity contribution in [2.45, 2.75) is 0 Å². The monoisotopic (exact) mass is 226 g/mol. The molecule has 0 aromatic rings. The second-order valence-electron chi connectivity index (χ2n) is 0. The van der Waals surface area contributed by atoms with E-state index in [0.29, 0.717) is 0 Å². The molecule has 6 nitrogen and oxygen atoms in total. The number of hydrogen-bond acceptors (Lipinski definition) is 0. The Morgan fingerprint density at radius 2 is 0.308 bits per heavy atom. The van der Waals surface area contributed by atoms with Crippen LogP contribution in [0.25, 0.3) is 0 Å². The molecule has 0 rings (SSSR count). The Morgan fingerprint density at radius 1 is 0.308 bits per heavy atom. The van der Waals surface area contributed by atoms with Crippen LogP contribution in [0.2, 0.25) is 0 Å². The van der Waals surface area contributed by atoms with Crippen LogP contribution in [-0.4, -0.2) is 0 Å². The third-order valence-electron chi connectivity index (χ3n) is 0. The summed E-state index contributed by atoms with van der Waals surface area (Å²) >= 11 is 0. The van der Waals surface area contributed by atoms with Crippen LogP contribution in [0, 0.1) is 39.9 Å². The van der Waals surface area contributed by atoms with E-state index in [2.05, 4.69) is 39.9 Å². The van der Waals surface area contributed by atoms with Gasteiger partial charge >= 0.3 is 67.8 Å². The van der Waals surface area contributed by atoms with E-state index in [9.17, 15) is 0 Å². The minimum atomic E-state index is 0. The zero-order valence-electron chi connectivity index (χ0n) is 6.32. The second kappa shape index (κ2) is 1030. The molecule has 0 atom stereocenters. The molecule has 66 valence electrons. The van der Waals surface area contributed by atoms with Crippen molar-refractivity contribution in [1.82, 2.24) is 0 Å². The maximum absolute atomic E-state index is 7.75. The van der Waals surface area contributed by atoms with E-state index in [4.69, 9.17) is 27.9 Å². The predicted molar refractivity (Wildman–Crippen MR) is 33.8 cm³/mol. The van der Waals surface area contributed by atoms with Crippen LogP contribution >= 0.6 is 0 Å². The Morgan fingerprint density at radius 3 is 0.308 bits per heavy atom. The quantitative estimate of drug-likeness (QED) is 0.518. The molecule has 0 saturated heterocycles. The maximum Gasteiger partial charge on any atom is 0 e. The summed E-state index contributed by atoms with van der Waals surface area (Å²) in [7, 11) is 0. The molecule has 0 aliphatic rings. The van der Waals surface area contributed by atoms with Crippen molar-refractivity contribution >= 4 is 0 Å². The summed E-state index contributed by atoms with van der Waals surface area (Å²) in [6.07, 6.45) is 0. The van der Waals surface area contributed by atoms with E-state index in [0.717, 1.165) is 0 Å². The summed E-state index contributed by atoms with van der Waals surface area (Å²) in [4.78, 5) is 0. The average Bonchev–Trinajstić information content (AvgIpc) is 2.33. The fourth-order valence-corrected chi connectivity index (χ4v) is 0. The predicted octanol–water partition coefficient (Wildman–Crippen LogP) is 0.0329. The molecule has 0 N–H and O–H groups in total. The van der Waals surface area contributed by atoms with Crippen molar-refractivity contribution in [3.8, 4) is 39.9 Å². The summed E-state index contributed by atoms with van der Waals surface area (Å²) in [6.45, 7) is 19.5. The van der Waals surface area contributed by atoms with Gasteiger partial charge in [0.25, 0.3) is 0 Å².